The predicted molar refractivity (Wildman–Crippen MR) is 113 cm³/mol. The maximum absolute atomic E-state index is 12.4. The van der Waals surface area contributed by atoms with Crippen LogP contribution in [0.1, 0.15) is 39.3 Å². The van der Waals surface area contributed by atoms with Crippen molar-refractivity contribution in [2.45, 2.75) is 50.7 Å². The average Bonchev–Trinajstić information content (AvgIpc) is 2.61. The number of carbonyl (C=O) groups is 1. The lowest BCUT2D eigenvalue weighted by atomic mass is 10.1. The molecule has 0 spiro atoms. The first-order valence-corrected chi connectivity index (χ1v) is 10.9. The molecule has 6 nitrogen and oxygen atoms in total. The van der Waals surface area contributed by atoms with Gasteiger partial charge in [-0.25, -0.2) is 13.1 Å². The molecule has 8 heteroatoms. The van der Waals surface area contributed by atoms with Crippen LogP contribution < -0.4 is 15.4 Å². The van der Waals surface area contributed by atoms with Crippen LogP contribution in [0.15, 0.2) is 53.4 Å². The molecule has 0 fully saturated rings. The first-order chi connectivity index (χ1) is 13.1. The summed E-state index contributed by atoms with van der Waals surface area (Å²) in [4.78, 5) is 12.6. The molecular formula is C20H26ClN3O3S. The average molecular weight is 424 g/mol. The van der Waals surface area contributed by atoms with E-state index in [-0.39, 0.29) is 22.9 Å². The summed E-state index contributed by atoms with van der Waals surface area (Å²) in [5, 5.41) is 6.68. The van der Waals surface area contributed by atoms with Crippen molar-refractivity contribution >= 4 is 33.2 Å². The molecule has 0 bridgehead atoms. The van der Waals surface area contributed by atoms with Gasteiger partial charge >= 0.3 is 0 Å². The summed E-state index contributed by atoms with van der Waals surface area (Å²) in [5.41, 5.74) is 1.55. The van der Waals surface area contributed by atoms with E-state index in [2.05, 4.69) is 15.4 Å². The Balaban J connectivity index is 1.97. The SMILES string of the molecule is CC(C)NS(=O)(=O)c1ccc(NC(=O)[C@H](C)N[C@@H](C)c2ccc(Cl)cc2)cc1. The van der Waals surface area contributed by atoms with Crippen LogP contribution in [0.25, 0.3) is 0 Å². The molecule has 28 heavy (non-hydrogen) atoms. The summed E-state index contributed by atoms with van der Waals surface area (Å²) in [7, 11) is -3.56. The van der Waals surface area contributed by atoms with Crippen LogP contribution >= 0.6 is 11.6 Å². The van der Waals surface area contributed by atoms with Crippen molar-refractivity contribution < 1.29 is 13.2 Å². The van der Waals surface area contributed by atoms with E-state index in [1.807, 2.05) is 31.2 Å². The van der Waals surface area contributed by atoms with Gasteiger partial charge in [0, 0.05) is 22.8 Å². The van der Waals surface area contributed by atoms with Crippen LogP contribution in [0.2, 0.25) is 5.02 Å². The lowest BCUT2D eigenvalue weighted by Crippen LogP contribution is -2.39. The van der Waals surface area contributed by atoms with Crippen molar-refractivity contribution in [2.75, 3.05) is 5.32 Å². The summed E-state index contributed by atoms with van der Waals surface area (Å²) in [5.74, 6) is -0.211. The van der Waals surface area contributed by atoms with Crippen LogP contribution in [0.4, 0.5) is 5.69 Å². The highest BCUT2D eigenvalue weighted by atomic mass is 35.5. The van der Waals surface area contributed by atoms with Crippen LogP contribution in [0.3, 0.4) is 0 Å². The number of anilines is 1. The van der Waals surface area contributed by atoms with Crippen LogP contribution in [0.5, 0.6) is 0 Å². The standard InChI is InChI=1S/C20H26ClN3O3S/c1-13(2)24-28(26,27)19-11-9-18(10-12-19)23-20(25)15(4)22-14(3)16-5-7-17(21)8-6-16/h5-15,22,24H,1-4H3,(H,23,25)/t14-,15-/m0/s1. The Morgan fingerprint density at radius 1 is 0.929 bits per heavy atom. The van der Waals surface area contributed by atoms with E-state index in [0.29, 0.717) is 10.7 Å². The molecule has 152 valence electrons. The molecule has 0 saturated heterocycles. The Kier molecular flexibility index (Phi) is 7.60. The third-order valence-corrected chi connectivity index (χ3v) is 6.01. The van der Waals surface area contributed by atoms with Crippen LogP contribution in [0, 0.1) is 0 Å². The molecule has 0 aromatic heterocycles. The molecule has 2 rings (SSSR count). The second-order valence-corrected chi connectivity index (χ2v) is 9.10. The summed E-state index contributed by atoms with van der Waals surface area (Å²) in [6.07, 6.45) is 0. The minimum atomic E-state index is -3.56. The largest absolute Gasteiger partial charge is 0.325 e. The fourth-order valence-electron chi connectivity index (χ4n) is 2.64. The third-order valence-electron chi connectivity index (χ3n) is 4.09. The number of hydrogen-bond donors (Lipinski definition) is 3. The number of sulfonamides is 1. The summed E-state index contributed by atoms with van der Waals surface area (Å²) >= 11 is 5.90. The van der Waals surface area contributed by atoms with E-state index >= 15 is 0 Å². The van der Waals surface area contributed by atoms with Gasteiger partial charge in [0.25, 0.3) is 0 Å². The van der Waals surface area contributed by atoms with Crippen molar-refractivity contribution in [3.05, 3.63) is 59.1 Å². The smallest absolute Gasteiger partial charge is 0.241 e. The van der Waals surface area contributed by atoms with E-state index in [0.717, 1.165) is 5.56 Å². The van der Waals surface area contributed by atoms with E-state index in [9.17, 15) is 13.2 Å². The zero-order valence-electron chi connectivity index (χ0n) is 16.4. The molecule has 1 amide bonds. The fraction of sp³-hybridized carbons (Fsp3) is 0.350. The Labute approximate surface area is 171 Å². The molecule has 3 N–H and O–H groups in total. The Morgan fingerprint density at radius 2 is 1.50 bits per heavy atom. The van der Waals surface area contributed by atoms with Crippen molar-refractivity contribution in [3.8, 4) is 0 Å². The minimum Gasteiger partial charge on any atom is -0.325 e. The Morgan fingerprint density at radius 3 is 2.04 bits per heavy atom. The normalized spacial score (nSPS) is 13.9. The molecule has 0 heterocycles. The molecule has 0 saturated carbocycles. The number of nitrogens with one attached hydrogen (secondary N) is 3. The van der Waals surface area contributed by atoms with Gasteiger partial charge in [0.15, 0.2) is 0 Å². The fourth-order valence-corrected chi connectivity index (χ4v) is 4.02. The molecule has 2 atom stereocenters. The van der Waals surface area contributed by atoms with Crippen molar-refractivity contribution in [2.24, 2.45) is 0 Å². The lowest BCUT2D eigenvalue weighted by Gasteiger charge is -2.20. The molecule has 0 aliphatic carbocycles. The second-order valence-electron chi connectivity index (χ2n) is 6.95. The highest BCUT2D eigenvalue weighted by Gasteiger charge is 2.18. The number of benzene rings is 2. The van der Waals surface area contributed by atoms with Gasteiger partial charge < -0.3 is 5.32 Å². The molecule has 0 aliphatic rings. The highest BCUT2D eigenvalue weighted by molar-refractivity contribution is 7.89. The molecule has 0 aliphatic heterocycles. The first-order valence-electron chi connectivity index (χ1n) is 9.03. The van der Waals surface area contributed by atoms with Crippen LogP contribution in [-0.4, -0.2) is 26.4 Å². The van der Waals surface area contributed by atoms with E-state index in [1.54, 1.807) is 32.9 Å². The van der Waals surface area contributed by atoms with Gasteiger partial charge in [-0.1, -0.05) is 23.7 Å². The quantitative estimate of drug-likeness (QED) is 0.604. The Bertz CT molecular complexity index is 897. The van der Waals surface area contributed by atoms with Crippen molar-refractivity contribution in [3.63, 3.8) is 0 Å². The zero-order chi connectivity index (χ0) is 20.9. The number of halogens is 1. The topological polar surface area (TPSA) is 87.3 Å². The molecule has 0 radical (unpaired) electrons. The summed E-state index contributed by atoms with van der Waals surface area (Å²) in [6.45, 7) is 7.25. The van der Waals surface area contributed by atoms with Gasteiger partial charge in [-0.2, -0.15) is 0 Å². The molecular weight excluding hydrogens is 398 g/mol. The number of carbonyl (C=O) groups excluding carboxylic acids is 1. The van der Waals surface area contributed by atoms with Gasteiger partial charge in [0.1, 0.15) is 0 Å². The molecule has 2 aromatic rings. The summed E-state index contributed by atoms with van der Waals surface area (Å²) in [6, 6.07) is 12.8. The lowest BCUT2D eigenvalue weighted by molar-refractivity contribution is -0.117. The summed E-state index contributed by atoms with van der Waals surface area (Å²) < 4.78 is 26.8. The van der Waals surface area contributed by atoms with Gasteiger partial charge in [0.05, 0.1) is 10.9 Å². The van der Waals surface area contributed by atoms with E-state index in [1.165, 1.54) is 12.1 Å². The molecule has 0 unspecified atom stereocenters. The van der Waals surface area contributed by atoms with Crippen molar-refractivity contribution in [1.29, 1.82) is 0 Å². The van der Waals surface area contributed by atoms with Crippen molar-refractivity contribution in [1.82, 2.24) is 10.0 Å². The van der Waals surface area contributed by atoms with Gasteiger partial charge in [-0.05, 0) is 69.7 Å². The molecule has 2 aromatic carbocycles. The van der Waals surface area contributed by atoms with E-state index in [4.69, 9.17) is 11.6 Å². The second kappa shape index (κ2) is 9.52. The van der Waals surface area contributed by atoms with Gasteiger partial charge in [-0.15, -0.1) is 0 Å². The number of amides is 1. The Hall–Kier alpha value is -1.93. The van der Waals surface area contributed by atoms with E-state index < -0.39 is 16.1 Å². The van der Waals surface area contributed by atoms with Gasteiger partial charge in [0.2, 0.25) is 15.9 Å². The third kappa shape index (κ3) is 6.31. The highest BCUT2D eigenvalue weighted by Crippen LogP contribution is 2.18. The van der Waals surface area contributed by atoms with Crippen LogP contribution in [-0.2, 0) is 14.8 Å². The number of hydrogen-bond acceptors (Lipinski definition) is 4. The minimum absolute atomic E-state index is 0.0346. The zero-order valence-corrected chi connectivity index (χ0v) is 17.9. The maximum atomic E-state index is 12.4. The first kappa shape index (κ1) is 22.4. The van der Waals surface area contributed by atoms with Gasteiger partial charge in [-0.3, -0.25) is 10.1 Å². The maximum Gasteiger partial charge on any atom is 0.241 e. The predicted octanol–water partition coefficient (Wildman–Crippen LogP) is 3.70. The monoisotopic (exact) mass is 423 g/mol. The number of rotatable bonds is 8.